The van der Waals surface area contributed by atoms with Crippen LogP contribution in [0.5, 0.6) is 5.75 Å². The molecule has 1 heterocycles. The van der Waals surface area contributed by atoms with Crippen LogP contribution in [-0.4, -0.2) is 34.9 Å². The predicted molar refractivity (Wildman–Crippen MR) is 112 cm³/mol. The molecule has 0 spiro atoms. The first-order valence-electron chi connectivity index (χ1n) is 9.66. The topological polar surface area (TPSA) is 87.7 Å². The third-order valence-corrected chi connectivity index (χ3v) is 5.30. The van der Waals surface area contributed by atoms with E-state index in [9.17, 15) is 19.1 Å². The van der Waals surface area contributed by atoms with Crippen LogP contribution >= 0.6 is 11.9 Å². The molecule has 2 rings (SSSR count). The van der Waals surface area contributed by atoms with Crippen molar-refractivity contribution in [3.05, 3.63) is 41.7 Å². The molecule has 1 aromatic carbocycles. The Hall–Kier alpha value is -1.90. The Balaban J connectivity index is 1.71. The molecule has 0 radical (unpaired) electrons. The van der Waals surface area contributed by atoms with E-state index in [2.05, 4.69) is 10.0 Å². The average Bonchev–Trinajstić information content (AvgIpc) is 2.96. The highest BCUT2D eigenvalue weighted by atomic mass is 32.2. The minimum atomic E-state index is -1.03. The number of halogens is 1. The van der Waals surface area contributed by atoms with Gasteiger partial charge in [-0.2, -0.15) is 0 Å². The number of nitrogens with one attached hydrogen (secondary N) is 2. The Morgan fingerprint density at radius 1 is 1.41 bits per heavy atom. The maximum absolute atomic E-state index is 13.9. The maximum Gasteiger partial charge on any atom is 0.230 e. The van der Waals surface area contributed by atoms with Crippen molar-refractivity contribution >= 4 is 23.8 Å². The number of allylic oxidation sites excluding steroid dienone is 2. The summed E-state index contributed by atoms with van der Waals surface area (Å²) in [5.41, 5.74) is -0.149. The molecule has 1 fully saturated rings. The predicted octanol–water partition coefficient (Wildman–Crippen LogP) is 3.27. The van der Waals surface area contributed by atoms with Crippen LogP contribution in [0.15, 0.2) is 30.4 Å². The monoisotopic (exact) mass is 424 g/mol. The van der Waals surface area contributed by atoms with E-state index in [0.717, 1.165) is 17.7 Å². The first-order valence-corrected chi connectivity index (χ1v) is 10.6. The molecular weight excluding hydrogens is 395 g/mol. The van der Waals surface area contributed by atoms with E-state index in [1.165, 1.54) is 6.07 Å². The average molecular weight is 425 g/mol. The van der Waals surface area contributed by atoms with Crippen LogP contribution in [0.2, 0.25) is 0 Å². The number of hydrogen-bond acceptors (Lipinski definition) is 6. The minimum absolute atomic E-state index is 0.00689. The molecule has 1 aliphatic rings. The molecule has 2 unspecified atom stereocenters. The SMILES string of the molecule is CC(NSCC/C=C/CC1CC(=O)NC1=O)c1ccc(F)c(OCC(C)(C)O)c1. The van der Waals surface area contributed by atoms with Gasteiger partial charge in [0.05, 0.1) is 11.5 Å². The summed E-state index contributed by atoms with van der Waals surface area (Å²) in [6, 6.07) is 4.71. The maximum atomic E-state index is 13.9. The third-order valence-electron chi connectivity index (χ3n) is 4.34. The lowest BCUT2D eigenvalue weighted by molar-refractivity contribution is -0.125. The zero-order chi connectivity index (χ0) is 21.4. The lowest BCUT2D eigenvalue weighted by Gasteiger charge is -2.19. The van der Waals surface area contributed by atoms with E-state index in [1.54, 1.807) is 37.9 Å². The standard InChI is InChI=1S/C21H29FN2O4S/c1-14(15-8-9-17(22)18(11-15)28-13-21(2,3)27)24-29-10-6-4-5-7-16-12-19(25)23-20(16)26/h4-5,8-9,11,14,16,24,27H,6-7,10,12-13H2,1-3H3,(H,23,25,26)/b5-4+. The number of aliphatic hydroxyl groups is 1. The molecule has 0 aromatic heterocycles. The van der Waals surface area contributed by atoms with Crippen molar-refractivity contribution in [3.63, 3.8) is 0 Å². The van der Waals surface area contributed by atoms with Gasteiger partial charge in [0.15, 0.2) is 11.6 Å². The molecule has 160 valence electrons. The van der Waals surface area contributed by atoms with Gasteiger partial charge < -0.3 is 9.84 Å². The van der Waals surface area contributed by atoms with Crippen LogP contribution in [0.1, 0.15) is 51.6 Å². The number of ether oxygens (including phenoxy) is 1. The van der Waals surface area contributed by atoms with Crippen molar-refractivity contribution in [1.82, 2.24) is 10.0 Å². The molecule has 0 saturated carbocycles. The molecule has 1 aliphatic heterocycles. The highest BCUT2D eigenvalue weighted by Crippen LogP contribution is 2.25. The van der Waals surface area contributed by atoms with E-state index in [1.807, 2.05) is 19.1 Å². The Labute approximate surface area is 175 Å². The molecule has 1 saturated heterocycles. The second-order valence-electron chi connectivity index (χ2n) is 7.79. The van der Waals surface area contributed by atoms with Gasteiger partial charge in [-0.05, 0) is 51.3 Å². The van der Waals surface area contributed by atoms with Crippen LogP contribution in [0, 0.1) is 11.7 Å². The van der Waals surface area contributed by atoms with Gasteiger partial charge in [0, 0.05) is 18.2 Å². The Bertz CT molecular complexity index is 749. The summed E-state index contributed by atoms with van der Waals surface area (Å²) in [6.45, 7) is 5.19. The summed E-state index contributed by atoms with van der Waals surface area (Å²) in [6.07, 6.45) is 5.64. The van der Waals surface area contributed by atoms with Crippen molar-refractivity contribution < 1.29 is 23.8 Å². The van der Waals surface area contributed by atoms with E-state index >= 15 is 0 Å². The van der Waals surface area contributed by atoms with Crippen LogP contribution in [0.4, 0.5) is 4.39 Å². The van der Waals surface area contributed by atoms with Crippen molar-refractivity contribution in [3.8, 4) is 5.75 Å². The van der Waals surface area contributed by atoms with E-state index in [0.29, 0.717) is 6.42 Å². The summed E-state index contributed by atoms with van der Waals surface area (Å²) in [4.78, 5) is 22.6. The molecule has 0 bridgehead atoms. The Morgan fingerprint density at radius 3 is 2.83 bits per heavy atom. The highest BCUT2D eigenvalue weighted by molar-refractivity contribution is 7.97. The lowest BCUT2D eigenvalue weighted by Crippen LogP contribution is -2.28. The van der Waals surface area contributed by atoms with Gasteiger partial charge in [0.25, 0.3) is 0 Å². The van der Waals surface area contributed by atoms with E-state index < -0.39 is 11.4 Å². The molecule has 6 nitrogen and oxygen atoms in total. The smallest absolute Gasteiger partial charge is 0.230 e. The zero-order valence-electron chi connectivity index (χ0n) is 17.0. The van der Waals surface area contributed by atoms with Gasteiger partial charge in [-0.3, -0.25) is 19.6 Å². The van der Waals surface area contributed by atoms with Crippen molar-refractivity contribution in [1.29, 1.82) is 0 Å². The van der Waals surface area contributed by atoms with E-state index in [4.69, 9.17) is 4.74 Å². The van der Waals surface area contributed by atoms with E-state index in [-0.39, 0.29) is 42.6 Å². The van der Waals surface area contributed by atoms with Gasteiger partial charge in [0.1, 0.15) is 6.61 Å². The molecule has 29 heavy (non-hydrogen) atoms. The molecule has 8 heteroatoms. The second-order valence-corrected chi connectivity index (χ2v) is 8.72. The molecule has 1 aromatic rings. The normalized spacial score (nSPS) is 18.3. The van der Waals surface area contributed by atoms with Crippen molar-refractivity contribution in [2.45, 2.75) is 51.7 Å². The number of hydrogen-bond donors (Lipinski definition) is 3. The molecule has 2 atom stereocenters. The molecule has 2 amide bonds. The summed E-state index contributed by atoms with van der Waals surface area (Å²) < 4.78 is 22.6. The fourth-order valence-electron chi connectivity index (χ4n) is 2.71. The number of carbonyl (C=O) groups excluding carboxylic acids is 2. The number of carbonyl (C=O) groups is 2. The highest BCUT2D eigenvalue weighted by Gasteiger charge is 2.28. The zero-order valence-corrected chi connectivity index (χ0v) is 17.9. The lowest BCUT2D eigenvalue weighted by atomic mass is 10.0. The van der Waals surface area contributed by atoms with Crippen LogP contribution < -0.4 is 14.8 Å². The third kappa shape index (κ3) is 8.16. The van der Waals surface area contributed by atoms with Crippen LogP contribution in [0.25, 0.3) is 0 Å². The molecule has 0 aliphatic carbocycles. The fourth-order valence-corrected chi connectivity index (χ4v) is 3.47. The van der Waals surface area contributed by atoms with Crippen molar-refractivity contribution in [2.24, 2.45) is 5.92 Å². The van der Waals surface area contributed by atoms with Gasteiger partial charge >= 0.3 is 0 Å². The summed E-state index contributed by atoms with van der Waals surface area (Å²) in [5, 5.41) is 12.0. The molecular formula is C21H29FN2O4S. The summed E-state index contributed by atoms with van der Waals surface area (Å²) in [5.74, 6) is -0.122. The Morgan fingerprint density at radius 2 is 2.17 bits per heavy atom. The Kier molecular flexibility index (Phi) is 8.67. The summed E-state index contributed by atoms with van der Waals surface area (Å²) in [7, 11) is 0. The largest absolute Gasteiger partial charge is 0.488 e. The number of benzene rings is 1. The quantitative estimate of drug-likeness (QED) is 0.219. The van der Waals surface area contributed by atoms with Gasteiger partial charge in [-0.15, -0.1) is 0 Å². The first kappa shape index (κ1) is 23.4. The number of rotatable bonds is 11. The summed E-state index contributed by atoms with van der Waals surface area (Å²) >= 11 is 1.56. The molecule has 3 N–H and O–H groups in total. The van der Waals surface area contributed by atoms with Gasteiger partial charge in [0.2, 0.25) is 11.8 Å². The number of amides is 2. The van der Waals surface area contributed by atoms with Crippen LogP contribution in [-0.2, 0) is 9.59 Å². The van der Waals surface area contributed by atoms with Crippen LogP contribution in [0.3, 0.4) is 0 Å². The fraction of sp³-hybridized carbons (Fsp3) is 0.524. The minimum Gasteiger partial charge on any atom is -0.488 e. The second kappa shape index (κ2) is 10.8. The van der Waals surface area contributed by atoms with Crippen molar-refractivity contribution in [2.75, 3.05) is 12.4 Å². The van der Waals surface area contributed by atoms with Gasteiger partial charge in [-0.1, -0.05) is 30.2 Å². The number of imide groups is 1. The first-order chi connectivity index (χ1) is 13.7. The van der Waals surface area contributed by atoms with Gasteiger partial charge in [-0.25, -0.2) is 4.39 Å².